The molecule has 0 aromatic heterocycles. The Morgan fingerprint density at radius 1 is 1.22 bits per heavy atom. The van der Waals surface area contributed by atoms with Gasteiger partial charge in [-0.05, 0) is 54.2 Å². The second kappa shape index (κ2) is 10.1. The summed E-state index contributed by atoms with van der Waals surface area (Å²) in [5.41, 5.74) is 7.56. The summed E-state index contributed by atoms with van der Waals surface area (Å²) in [6, 6.07) is 8.93. The molecule has 0 aliphatic heterocycles. The second-order valence-electron chi connectivity index (χ2n) is 7.12. The molecule has 0 amide bonds. The largest absolute Gasteiger partial charge is 0.375 e. The van der Waals surface area contributed by atoms with E-state index in [1.54, 1.807) is 0 Å². The number of nitrogens with one attached hydrogen (secondary N) is 1. The zero-order valence-electron chi connectivity index (χ0n) is 17.4. The van der Waals surface area contributed by atoms with Crippen LogP contribution in [0.1, 0.15) is 44.2 Å². The highest BCUT2D eigenvalue weighted by Gasteiger charge is 2.18. The van der Waals surface area contributed by atoms with Crippen molar-refractivity contribution in [2.24, 2.45) is 0 Å². The third-order valence-electron chi connectivity index (χ3n) is 5.28. The number of allylic oxidation sites excluding steroid dienone is 3. The smallest absolute Gasteiger partial charge is 0.0358 e. The number of rotatable bonds is 9. The van der Waals surface area contributed by atoms with Crippen LogP contribution in [0.5, 0.6) is 0 Å². The maximum Gasteiger partial charge on any atom is 0.0358 e. The average molecular weight is 363 g/mol. The number of hydrogen-bond acceptors (Lipinski definition) is 2. The molecule has 1 N–H and O–H groups in total. The Hall–Kier alpha value is -2.32. The molecule has 0 fully saturated rings. The van der Waals surface area contributed by atoms with Crippen LogP contribution in [0, 0.1) is 0 Å². The number of hydrogen-bond donors (Lipinski definition) is 1. The molecule has 144 valence electrons. The predicted octanol–water partition coefficient (Wildman–Crippen LogP) is 5.82. The summed E-state index contributed by atoms with van der Waals surface area (Å²) < 4.78 is 0. The first-order valence-corrected chi connectivity index (χ1v) is 9.95. The van der Waals surface area contributed by atoms with Crippen LogP contribution in [0.3, 0.4) is 0 Å². The highest BCUT2D eigenvalue weighted by atomic mass is 15.1. The first kappa shape index (κ1) is 21.0. The number of benzene rings is 1. The Morgan fingerprint density at radius 3 is 2.48 bits per heavy atom. The summed E-state index contributed by atoms with van der Waals surface area (Å²) >= 11 is 0. The topological polar surface area (TPSA) is 15.3 Å². The molecule has 27 heavy (non-hydrogen) atoms. The fraction of sp³-hybridized carbons (Fsp3) is 0.360. The predicted molar refractivity (Wildman–Crippen MR) is 120 cm³/mol. The minimum Gasteiger partial charge on any atom is -0.375 e. The van der Waals surface area contributed by atoms with Gasteiger partial charge in [0.15, 0.2) is 0 Å². The van der Waals surface area contributed by atoms with Crippen molar-refractivity contribution in [3.8, 4) is 0 Å². The minimum absolute atomic E-state index is 0.315. The Kier molecular flexibility index (Phi) is 7.87. The van der Waals surface area contributed by atoms with Crippen LogP contribution in [0.25, 0.3) is 11.6 Å². The van der Waals surface area contributed by atoms with E-state index in [1.807, 2.05) is 13.1 Å². The molecule has 0 saturated heterocycles. The zero-order chi connectivity index (χ0) is 19.8. The van der Waals surface area contributed by atoms with Crippen LogP contribution >= 0.6 is 0 Å². The van der Waals surface area contributed by atoms with Gasteiger partial charge in [-0.15, -0.1) is 0 Å². The van der Waals surface area contributed by atoms with Gasteiger partial charge in [0, 0.05) is 25.3 Å². The van der Waals surface area contributed by atoms with Gasteiger partial charge in [0.05, 0.1) is 0 Å². The van der Waals surface area contributed by atoms with Crippen LogP contribution in [-0.4, -0.2) is 31.6 Å². The lowest BCUT2D eigenvalue weighted by Crippen LogP contribution is -2.29. The van der Waals surface area contributed by atoms with E-state index in [0.717, 1.165) is 37.1 Å². The molecule has 2 heteroatoms. The standard InChI is InChI=1S/C25H34N2/c1-7-16-27(6)19(4)21(9-3)17-24-15-14-23(18-25(24)26-5)22-12-10-20(8-2)11-13-22/h8,10-15,17,25-26H,2,4,7,9,16,18H2,1,3,5-6H3/b21-17+. The average Bonchev–Trinajstić information content (AvgIpc) is 2.71. The molecule has 0 spiro atoms. The molecule has 2 nitrogen and oxygen atoms in total. The molecule has 0 bridgehead atoms. The SMILES string of the molecule is C=Cc1ccc(C2=CC=C(/C=C(\CC)C(=C)N(C)CCC)C(NC)C2)cc1. The van der Waals surface area contributed by atoms with Crippen molar-refractivity contribution in [3.05, 3.63) is 83.6 Å². The molecule has 0 saturated carbocycles. The minimum atomic E-state index is 0.315. The molecule has 1 unspecified atom stereocenters. The maximum absolute atomic E-state index is 4.33. The number of nitrogens with zero attached hydrogens (tertiary/aromatic N) is 1. The molecule has 1 atom stereocenters. The van der Waals surface area contributed by atoms with Gasteiger partial charge in [-0.1, -0.05) is 75.6 Å². The lowest BCUT2D eigenvalue weighted by atomic mass is 9.87. The highest BCUT2D eigenvalue weighted by Crippen LogP contribution is 2.30. The summed E-state index contributed by atoms with van der Waals surface area (Å²) in [7, 11) is 4.17. The van der Waals surface area contributed by atoms with E-state index in [1.165, 1.54) is 22.3 Å². The monoisotopic (exact) mass is 362 g/mol. The fourth-order valence-corrected chi connectivity index (χ4v) is 3.49. The molecule has 1 aliphatic carbocycles. The first-order valence-electron chi connectivity index (χ1n) is 9.95. The van der Waals surface area contributed by atoms with Crippen molar-refractivity contribution in [2.45, 2.75) is 39.2 Å². The molecule has 1 aromatic carbocycles. The summed E-state index contributed by atoms with van der Waals surface area (Å²) in [5.74, 6) is 0. The van der Waals surface area contributed by atoms with Crippen LogP contribution in [0.2, 0.25) is 0 Å². The van der Waals surface area contributed by atoms with Crippen LogP contribution in [0.4, 0.5) is 0 Å². The summed E-state index contributed by atoms with van der Waals surface area (Å²) in [4.78, 5) is 2.26. The van der Waals surface area contributed by atoms with E-state index < -0.39 is 0 Å². The number of likely N-dealkylation sites (N-methyl/N-ethyl adjacent to an activating group) is 2. The lowest BCUT2D eigenvalue weighted by molar-refractivity contribution is 0.423. The lowest BCUT2D eigenvalue weighted by Gasteiger charge is -2.26. The third kappa shape index (κ3) is 5.33. The first-order chi connectivity index (χ1) is 13.0. The van der Waals surface area contributed by atoms with E-state index in [-0.39, 0.29) is 0 Å². The van der Waals surface area contributed by atoms with Gasteiger partial charge in [-0.2, -0.15) is 0 Å². The summed E-state index contributed by atoms with van der Waals surface area (Å²) in [6.07, 6.45) is 11.8. The molecule has 2 rings (SSSR count). The van der Waals surface area contributed by atoms with Gasteiger partial charge in [-0.25, -0.2) is 0 Å². The molecule has 0 heterocycles. The van der Waals surface area contributed by atoms with Crippen molar-refractivity contribution in [1.82, 2.24) is 10.2 Å². The van der Waals surface area contributed by atoms with E-state index >= 15 is 0 Å². The normalized spacial score (nSPS) is 17.2. The Morgan fingerprint density at radius 2 is 1.93 bits per heavy atom. The van der Waals surface area contributed by atoms with Crippen molar-refractivity contribution in [2.75, 3.05) is 20.6 Å². The Labute approximate surface area is 165 Å². The highest BCUT2D eigenvalue weighted by molar-refractivity contribution is 5.71. The van der Waals surface area contributed by atoms with Gasteiger partial charge in [-0.3, -0.25) is 0 Å². The van der Waals surface area contributed by atoms with E-state index in [0.29, 0.717) is 6.04 Å². The maximum atomic E-state index is 4.33. The van der Waals surface area contributed by atoms with Gasteiger partial charge in [0.25, 0.3) is 0 Å². The molecule has 0 radical (unpaired) electrons. The molecular weight excluding hydrogens is 328 g/mol. The Balaban J connectivity index is 2.29. The molecule has 1 aliphatic rings. The van der Waals surface area contributed by atoms with Crippen molar-refractivity contribution in [3.63, 3.8) is 0 Å². The van der Waals surface area contributed by atoms with E-state index in [2.05, 4.69) is 86.8 Å². The molecular formula is C25H34N2. The quantitative estimate of drug-likeness (QED) is 0.557. The second-order valence-corrected chi connectivity index (χ2v) is 7.12. The Bertz CT molecular complexity index is 747. The van der Waals surface area contributed by atoms with Crippen molar-refractivity contribution < 1.29 is 0 Å². The summed E-state index contributed by atoms with van der Waals surface area (Å²) in [5, 5.41) is 3.49. The van der Waals surface area contributed by atoms with Gasteiger partial charge < -0.3 is 10.2 Å². The van der Waals surface area contributed by atoms with Crippen molar-refractivity contribution >= 4 is 11.6 Å². The third-order valence-corrected chi connectivity index (χ3v) is 5.28. The zero-order valence-corrected chi connectivity index (χ0v) is 17.4. The summed E-state index contributed by atoms with van der Waals surface area (Å²) in [6.45, 7) is 13.6. The fourth-order valence-electron chi connectivity index (χ4n) is 3.49. The van der Waals surface area contributed by atoms with Crippen LogP contribution < -0.4 is 5.32 Å². The van der Waals surface area contributed by atoms with Crippen molar-refractivity contribution in [1.29, 1.82) is 0 Å². The van der Waals surface area contributed by atoms with E-state index in [4.69, 9.17) is 0 Å². The molecule has 1 aromatic rings. The van der Waals surface area contributed by atoms with Crippen LogP contribution in [-0.2, 0) is 0 Å². The van der Waals surface area contributed by atoms with Crippen LogP contribution in [0.15, 0.2) is 72.5 Å². The van der Waals surface area contributed by atoms with Gasteiger partial charge in [0.1, 0.15) is 0 Å². The van der Waals surface area contributed by atoms with Gasteiger partial charge >= 0.3 is 0 Å². The van der Waals surface area contributed by atoms with Gasteiger partial charge in [0.2, 0.25) is 0 Å². The van der Waals surface area contributed by atoms with E-state index in [9.17, 15) is 0 Å².